The molecule has 0 N–H and O–H groups in total. The number of nitrogens with zero attached hydrogens (tertiary/aromatic N) is 3. The number of amides is 1. The van der Waals surface area contributed by atoms with Gasteiger partial charge < -0.3 is 14.4 Å². The predicted octanol–water partition coefficient (Wildman–Crippen LogP) is 0.420. The largest absolute Gasteiger partial charge is 0.379 e. The summed E-state index contributed by atoms with van der Waals surface area (Å²) in [4.78, 5) is 19.1. The normalized spacial score (nSPS) is 24.9. The average molecular weight is 325 g/mol. The summed E-state index contributed by atoms with van der Waals surface area (Å²) < 4.78 is 10.9. The van der Waals surface area contributed by atoms with Gasteiger partial charge in [-0.25, -0.2) is 0 Å². The Morgan fingerprint density at radius 2 is 1.74 bits per heavy atom. The molecule has 0 aromatic rings. The van der Waals surface area contributed by atoms with Crippen molar-refractivity contribution in [3.05, 3.63) is 0 Å². The third-order valence-electron chi connectivity index (χ3n) is 5.46. The Kier molecular flexibility index (Phi) is 6.28. The maximum Gasteiger partial charge on any atom is 0.222 e. The monoisotopic (exact) mass is 325 g/mol. The van der Waals surface area contributed by atoms with Crippen LogP contribution in [0.15, 0.2) is 0 Å². The van der Waals surface area contributed by atoms with E-state index in [1.54, 1.807) is 0 Å². The average Bonchev–Trinajstić information content (AvgIpc) is 2.57. The summed E-state index contributed by atoms with van der Waals surface area (Å²) in [7, 11) is 0. The molecule has 0 radical (unpaired) electrons. The van der Waals surface area contributed by atoms with E-state index in [1.165, 1.54) is 0 Å². The topological polar surface area (TPSA) is 45.3 Å². The highest BCUT2D eigenvalue weighted by molar-refractivity contribution is 5.75. The highest BCUT2D eigenvalue weighted by Gasteiger charge is 2.34. The molecule has 3 rings (SSSR count). The molecule has 132 valence electrons. The van der Waals surface area contributed by atoms with Gasteiger partial charge in [0.05, 0.1) is 32.5 Å². The van der Waals surface area contributed by atoms with E-state index in [4.69, 9.17) is 9.47 Å². The molecule has 1 amide bonds. The minimum Gasteiger partial charge on any atom is -0.379 e. The van der Waals surface area contributed by atoms with Gasteiger partial charge in [0.25, 0.3) is 0 Å². The summed E-state index contributed by atoms with van der Waals surface area (Å²) in [5, 5.41) is 0. The van der Waals surface area contributed by atoms with Crippen LogP contribution in [0.1, 0.15) is 26.2 Å². The quantitative estimate of drug-likeness (QED) is 0.708. The van der Waals surface area contributed by atoms with Crippen LogP contribution in [0.25, 0.3) is 0 Å². The van der Waals surface area contributed by atoms with Crippen LogP contribution in [0.2, 0.25) is 0 Å². The maximum atomic E-state index is 11.9. The van der Waals surface area contributed by atoms with E-state index in [0.717, 1.165) is 78.5 Å². The van der Waals surface area contributed by atoms with Crippen molar-refractivity contribution in [1.29, 1.82) is 0 Å². The van der Waals surface area contributed by atoms with E-state index >= 15 is 0 Å². The number of rotatable bonds is 6. The summed E-state index contributed by atoms with van der Waals surface area (Å²) in [5.74, 6) is 0.301. The first kappa shape index (κ1) is 17.1. The molecule has 0 unspecified atom stereocenters. The van der Waals surface area contributed by atoms with Gasteiger partial charge in [0.2, 0.25) is 5.91 Å². The van der Waals surface area contributed by atoms with Crippen molar-refractivity contribution < 1.29 is 14.3 Å². The molecule has 0 bridgehead atoms. The van der Waals surface area contributed by atoms with Crippen molar-refractivity contribution >= 4 is 5.91 Å². The third-order valence-corrected chi connectivity index (χ3v) is 5.46. The second-order valence-electron chi connectivity index (χ2n) is 6.85. The molecule has 0 aromatic heterocycles. The highest BCUT2D eigenvalue weighted by atomic mass is 16.5. The molecule has 3 aliphatic rings. The van der Waals surface area contributed by atoms with Crippen LogP contribution in [0.4, 0.5) is 0 Å². The van der Waals surface area contributed by atoms with Crippen molar-refractivity contribution in [3.8, 4) is 0 Å². The number of hydrogen-bond donors (Lipinski definition) is 0. The summed E-state index contributed by atoms with van der Waals surface area (Å²) in [6.45, 7) is 11.6. The lowest BCUT2D eigenvalue weighted by Crippen LogP contribution is -2.58. The molecule has 0 saturated carbocycles. The van der Waals surface area contributed by atoms with E-state index < -0.39 is 0 Å². The fourth-order valence-corrected chi connectivity index (χ4v) is 3.83. The van der Waals surface area contributed by atoms with Crippen molar-refractivity contribution in [2.24, 2.45) is 0 Å². The molecule has 3 heterocycles. The van der Waals surface area contributed by atoms with Crippen molar-refractivity contribution in [2.45, 2.75) is 38.3 Å². The maximum absolute atomic E-state index is 11.9. The molecular formula is C17H31N3O3. The fourth-order valence-electron chi connectivity index (χ4n) is 3.83. The van der Waals surface area contributed by atoms with Crippen molar-refractivity contribution in [1.82, 2.24) is 14.7 Å². The molecule has 0 spiro atoms. The molecule has 0 atom stereocenters. The van der Waals surface area contributed by atoms with Gasteiger partial charge in [-0.05, 0) is 12.8 Å². The van der Waals surface area contributed by atoms with Crippen molar-refractivity contribution in [2.75, 3.05) is 65.7 Å². The van der Waals surface area contributed by atoms with E-state index in [-0.39, 0.29) is 0 Å². The first-order chi connectivity index (χ1) is 11.3. The van der Waals surface area contributed by atoms with Crippen LogP contribution in [-0.4, -0.2) is 98.4 Å². The number of morpholine rings is 1. The summed E-state index contributed by atoms with van der Waals surface area (Å²) in [5.41, 5.74) is 0. The number of carbonyl (C=O) groups excluding carboxylic acids is 1. The third kappa shape index (κ3) is 4.44. The predicted molar refractivity (Wildman–Crippen MR) is 88.5 cm³/mol. The molecule has 0 aliphatic carbocycles. The number of carbonyl (C=O) groups is 1. The second-order valence-corrected chi connectivity index (χ2v) is 6.85. The van der Waals surface area contributed by atoms with Crippen molar-refractivity contribution in [3.63, 3.8) is 0 Å². The molecule has 6 nitrogen and oxygen atoms in total. The lowest BCUT2D eigenvalue weighted by atomic mass is 10.00. The SMILES string of the molecule is CCC(=O)N1CCC(N(CCN2CCOCC2)C2COC2)CC1. The van der Waals surface area contributed by atoms with E-state index in [9.17, 15) is 4.79 Å². The van der Waals surface area contributed by atoms with E-state index in [1.807, 2.05) is 11.8 Å². The van der Waals surface area contributed by atoms with Crippen LogP contribution >= 0.6 is 0 Å². The Balaban J connectivity index is 1.49. The van der Waals surface area contributed by atoms with Crippen LogP contribution < -0.4 is 0 Å². The minimum absolute atomic E-state index is 0.301. The van der Waals surface area contributed by atoms with Gasteiger partial charge >= 0.3 is 0 Å². The van der Waals surface area contributed by atoms with Crippen LogP contribution in [0, 0.1) is 0 Å². The van der Waals surface area contributed by atoms with Gasteiger partial charge in [0.15, 0.2) is 0 Å². The Labute approximate surface area is 139 Å². The Bertz CT molecular complexity index is 375. The van der Waals surface area contributed by atoms with E-state index in [2.05, 4.69) is 9.80 Å². The zero-order valence-electron chi connectivity index (χ0n) is 14.4. The number of hydrogen-bond acceptors (Lipinski definition) is 5. The van der Waals surface area contributed by atoms with Gasteiger partial charge in [-0.3, -0.25) is 14.6 Å². The van der Waals surface area contributed by atoms with Gasteiger partial charge in [-0.1, -0.05) is 6.92 Å². The first-order valence-corrected chi connectivity index (χ1v) is 9.19. The van der Waals surface area contributed by atoms with Crippen LogP contribution in [0.3, 0.4) is 0 Å². The first-order valence-electron chi connectivity index (χ1n) is 9.19. The van der Waals surface area contributed by atoms with Gasteiger partial charge in [-0.2, -0.15) is 0 Å². The lowest BCUT2D eigenvalue weighted by molar-refractivity contribution is -0.134. The minimum atomic E-state index is 0.301. The molecular weight excluding hydrogens is 294 g/mol. The number of piperidine rings is 1. The van der Waals surface area contributed by atoms with Gasteiger partial charge in [-0.15, -0.1) is 0 Å². The second kappa shape index (κ2) is 8.42. The Hall–Kier alpha value is -0.690. The fraction of sp³-hybridized carbons (Fsp3) is 0.941. The highest BCUT2D eigenvalue weighted by Crippen LogP contribution is 2.22. The zero-order chi connectivity index (χ0) is 16.1. The molecule has 3 aliphatic heterocycles. The number of likely N-dealkylation sites (tertiary alicyclic amines) is 1. The van der Waals surface area contributed by atoms with Crippen LogP contribution in [0.5, 0.6) is 0 Å². The summed E-state index contributed by atoms with van der Waals surface area (Å²) in [6.07, 6.45) is 2.83. The molecule has 6 heteroatoms. The van der Waals surface area contributed by atoms with Gasteiger partial charge in [0, 0.05) is 51.7 Å². The lowest BCUT2D eigenvalue weighted by Gasteiger charge is -2.46. The molecule has 0 aromatic carbocycles. The smallest absolute Gasteiger partial charge is 0.222 e. The Morgan fingerprint density at radius 1 is 1.04 bits per heavy atom. The van der Waals surface area contributed by atoms with Crippen LogP contribution in [-0.2, 0) is 14.3 Å². The summed E-state index contributed by atoms with van der Waals surface area (Å²) >= 11 is 0. The molecule has 3 saturated heterocycles. The summed E-state index contributed by atoms with van der Waals surface area (Å²) in [6, 6.07) is 1.18. The molecule has 3 fully saturated rings. The standard InChI is InChI=1S/C17H31N3O3/c1-2-17(21)19-5-3-15(4-6-19)20(16-13-23-14-16)8-7-18-9-11-22-12-10-18/h15-16H,2-14H2,1H3. The molecule has 23 heavy (non-hydrogen) atoms. The number of ether oxygens (including phenoxy) is 2. The van der Waals surface area contributed by atoms with E-state index in [0.29, 0.717) is 24.4 Å². The zero-order valence-corrected chi connectivity index (χ0v) is 14.4. The van der Waals surface area contributed by atoms with Gasteiger partial charge in [0.1, 0.15) is 0 Å². The Morgan fingerprint density at radius 3 is 2.30 bits per heavy atom.